The van der Waals surface area contributed by atoms with Crippen molar-refractivity contribution in [3.8, 4) is 11.5 Å². The number of nitrogens with zero attached hydrogens (tertiary/aromatic N) is 2. The third-order valence-corrected chi connectivity index (χ3v) is 3.89. The topological polar surface area (TPSA) is 48.3 Å². The molecule has 5 heteroatoms. The molecule has 1 aliphatic rings. The Labute approximate surface area is 124 Å². The minimum atomic E-state index is 0.257. The summed E-state index contributed by atoms with van der Waals surface area (Å²) in [5, 5.41) is 7.83. The molecular formula is C16H21N3O2. The van der Waals surface area contributed by atoms with Gasteiger partial charge in [-0.15, -0.1) is 0 Å². The first-order chi connectivity index (χ1) is 10.2. The zero-order valence-corrected chi connectivity index (χ0v) is 12.7. The van der Waals surface area contributed by atoms with Crippen LogP contribution in [0.1, 0.15) is 24.1 Å². The van der Waals surface area contributed by atoms with E-state index in [1.807, 2.05) is 36.3 Å². The van der Waals surface area contributed by atoms with Crippen LogP contribution >= 0.6 is 0 Å². The molecule has 0 saturated carbocycles. The minimum absolute atomic E-state index is 0.257. The average molecular weight is 287 g/mol. The lowest BCUT2D eigenvalue weighted by Gasteiger charge is -2.28. The molecule has 3 rings (SSSR count). The van der Waals surface area contributed by atoms with E-state index in [-0.39, 0.29) is 6.04 Å². The lowest BCUT2D eigenvalue weighted by molar-refractivity contribution is 0.228. The van der Waals surface area contributed by atoms with Gasteiger partial charge >= 0.3 is 0 Å². The summed E-state index contributed by atoms with van der Waals surface area (Å²) in [5.74, 6) is 1.77. The second-order valence-corrected chi connectivity index (χ2v) is 5.52. The molecule has 21 heavy (non-hydrogen) atoms. The fourth-order valence-corrected chi connectivity index (χ4v) is 2.70. The van der Waals surface area contributed by atoms with E-state index in [1.165, 1.54) is 11.1 Å². The van der Waals surface area contributed by atoms with Crippen molar-refractivity contribution in [1.29, 1.82) is 0 Å². The Balaban J connectivity index is 1.66. The van der Waals surface area contributed by atoms with Crippen molar-refractivity contribution >= 4 is 0 Å². The van der Waals surface area contributed by atoms with Crippen LogP contribution in [-0.4, -0.2) is 29.5 Å². The van der Waals surface area contributed by atoms with Gasteiger partial charge in [0.05, 0.1) is 13.3 Å². The van der Waals surface area contributed by atoms with Crippen LogP contribution in [0.5, 0.6) is 11.5 Å². The number of rotatable bonds is 4. The quantitative estimate of drug-likeness (QED) is 0.935. The van der Waals surface area contributed by atoms with E-state index in [1.54, 1.807) is 7.11 Å². The highest BCUT2D eigenvalue weighted by atomic mass is 16.5. The van der Waals surface area contributed by atoms with Crippen LogP contribution in [0, 0.1) is 0 Å². The highest BCUT2D eigenvalue weighted by Crippen LogP contribution is 2.29. The predicted molar refractivity (Wildman–Crippen MR) is 80.7 cm³/mol. The molecule has 0 spiro atoms. The molecule has 1 N–H and O–H groups in total. The molecule has 0 saturated heterocycles. The minimum Gasteiger partial charge on any atom is -0.497 e. The maximum absolute atomic E-state index is 5.86. The molecule has 0 fully saturated rings. The first-order valence-electron chi connectivity index (χ1n) is 7.20. The maximum Gasteiger partial charge on any atom is 0.126 e. The molecular weight excluding hydrogens is 266 g/mol. The van der Waals surface area contributed by atoms with Gasteiger partial charge in [0.1, 0.15) is 18.1 Å². The standard InChI is InChI=1S/C16H21N3O2/c1-11(13-8-17-19(2)9-13)18-14-6-12-4-5-15(20-3)7-16(12)21-10-14/h4-5,7-9,11,14,18H,6,10H2,1-3H3. The zero-order valence-electron chi connectivity index (χ0n) is 12.7. The van der Waals surface area contributed by atoms with E-state index in [9.17, 15) is 0 Å². The van der Waals surface area contributed by atoms with E-state index in [0.29, 0.717) is 12.6 Å². The third-order valence-electron chi connectivity index (χ3n) is 3.89. The summed E-state index contributed by atoms with van der Waals surface area (Å²) < 4.78 is 12.9. The van der Waals surface area contributed by atoms with Crippen molar-refractivity contribution in [3.63, 3.8) is 0 Å². The molecule has 2 aromatic rings. The lowest BCUT2D eigenvalue weighted by Crippen LogP contribution is -2.40. The monoisotopic (exact) mass is 287 g/mol. The van der Waals surface area contributed by atoms with Crippen molar-refractivity contribution < 1.29 is 9.47 Å². The molecule has 2 atom stereocenters. The van der Waals surface area contributed by atoms with Crippen LogP contribution in [-0.2, 0) is 13.5 Å². The number of hydrogen-bond acceptors (Lipinski definition) is 4. The van der Waals surface area contributed by atoms with Gasteiger partial charge in [0, 0.05) is 37.0 Å². The molecule has 5 nitrogen and oxygen atoms in total. The second kappa shape index (κ2) is 5.77. The van der Waals surface area contributed by atoms with Gasteiger partial charge in [0.2, 0.25) is 0 Å². The van der Waals surface area contributed by atoms with Crippen molar-refractivity contribution in [2.24, 2.45) is 7.05 Å². The Morgan fingerprint density at radius 2 is 2.33 bits per heavy atom. The number of aryl methyl sites for hydroxylation is 1. The first kappa shape index (κ1) is 13.9. The largest absolute Gasteiger partial charge is 0.497 e. The maximum atomic E-state index is 5.86. The van der Waals surface area contributed by atoms with Crippen LogP contribution in [0.25, 0.3) is 0 Å². The average Bonchev–Trinajstić information content (AvgIpc) is 2.93. The lowest BCUT2D eigenvalue weighted by atomic mass is 10.0. The molecule has 2 unspecified atom stereocenters. The normalized spacial score (nSPS) is 18.7. The molecule has 112 valence electrons. The van der Waals surface area contributed by atoms with Gasteiger partial charge in [0.15, 0.2) is 0 Å². The number of hydrogen-bond donors (Lipinski definition) is 1. The number of nitrogens with one attached hydrogen (secondary N) is 1. The van der Waals surface area contributed by atoms with Gasteiger partial charge in [0.25, 0.3) is 0 Å². The molecule has 1 aliphatic heterocycles. The predicted octanol–water partition coefficient (Wildman–Crippen LogP) is 2.08. The Morgan fingerprint density at radius 1 is 1.48 bits per heavy atom. The molecule has 0 bridgehead atoms. The van der Waals surface area contributed by atoms with Gasteiger partial charge in [-0.2, -0.15) is 5.10 Å². The van der Waals surface area contributed by atoms with E-state index >= 15 is 0 Å². The summed E-state index contributed by atoms with van der Waals surface area (Å²) in [7, 11) is 3.61. The fourth-order valence-electron chi connectivity index (χ4n) is 2.70. The number of aromatic nitrogens is 2. The molecule has 1 aromatic heterocycles. The van der Waals surface area contributed by atoms with Crippen LogP contribution in [0.15, 0.2) is 30.6 Å². The van der Waals surface area contributed by atoms with E-state index in [4.69, 9.17) is 9.47 Å². The van der Waals surface area contributed by atoms with Crippen LogP contribution < -0.4 is 14.8 Å². The molecule has 0 radical (unpaired) electrons. The van der Waals surface area contributed by atoms with Crippen LogP contribution in [0.2, 0.25) is 0 Å². The molecule has 0 amide bonds. The Hall–Kier alpha value is -2.01. The summed E-state index contributed by atoms with van der Waals surface area (Å²) in [6.45, 7) is 2.82. The number of fused-ring (bicyclic) bond motifs is 1. The Kier molecular flexibility index (Phi) is 3.84. The highest BCUT2D eigenvalue weighted by Gasteiger charge is 2.22. The van der Waals surface area contributed by atoms with E-state index < -0.39 is 0 Å². The van der Waals surface area contributed by atoms with Gasteiger partial charge < -0.3 is 14.8 Å². The van der Waals surface area contributed by atoms with Gasteiger partial charge in [-0.1, -0.05) is 6.07 Å². The summed E-state index contributed by atoms with van der Waals surface area (Å²) in [6.07, 6.45) is 4.91. The number of benzene rings is 1. The van der Waals surface area contributed by atoms with Crippen molar-refractivity contribution in [1.82, 2.24) is 15.1 Å². The van der Waals surface area contributed by atoms with Gasteiger partial charge in [-0.05, 0) is 25.0 Å². The van der Waals surface area contributed by atoms with E-state index in [0.717, 1.165) is 17.9 Å². The summed E-state index contributed by atoms with van der Waals surface area (Å²) in [4.78, 5) is 0. The van der Waals surface area contributed by atoms with Crippen LogP contribution in [0.4, 0.5) is 0 Å². The summed E-state index contributed by atoms with van der Waals surface area (Å²) in [5.41, 5.74) is 2.41. The van der Waals surface area contributed by atoms with Crippen molar-refractivity contribution in [3.05, 3.63) is 41.7 Å². The Bertz CT molecular complexity index is 624. The number of ether oxygens (including phenoxy) is 2. The zero-order chi connectivity index (χ0) is 14.8. The van der Waals surface area contributed by atoms with Crippen LogP contribution in [0.3, 0.4) is 0 Å². The van der Waals surface area contributed by atoms with Gasteiger partial charge in [-0.25, -0.2) is 0 Å². The fraction of sp³-hybridized carbons (Fsp3) is 0.438. The molecule has 2 heterocycles. The van der Waals surface area contributed by atoms with Crippen molar-refractivity contribution in [2.75, 3.05) is 13.7 Å². The van der Waals surface area contributed by atoms with Gasteiger partial charge in [-0.3, -0.25) is 4.68 Å². The van der Waals surface area contributed by atoms with E-state index in [2.05, 4.69) is 23.4 Å². The van der Waals surface area contributed by atoms with Crippen molar-refractivity contribution in [2.45, 2.75) is 25.4 Å². The third kappa shape index (κ3) is 3.03. The Morgan fingerprint density at radius 3 is 3.05 bits per heavy atom. The summed E-state index contributed by atoms with van der Waals surface area (Å²) >= 11 is 0. The highest BCUT2D eigenvalue weighted by molar-refractivity contribution is 5.42. The number of methoxy groups -OCH3 is 1. The molecule has 0 aliphatic carbocycles. The first-order valence-corrected chi connectivity index (χ1v) is 7.20. The second-order valence-electron chi connectivity index (χ2n) is 5.52. The summed E-state index contributed by atoms with van der Waals surface area (Å²) in [6, 6.07) is 6.58. The SMILES string of the molecule is COc1ccc2c(c1)OCC(NC(C)c1cnn(C)c1)C2. The smallest absolute Gasteiger partial charge is 0.126 e. The molecule has 1 aromatic carbocycles.